The number of hydrogen-bond donors (Lipinski definition) is 1. The van der Waals surface area contributed by atoms with E-state index in [2.05, 4.69) is 4.72 Å². The first-order chi connectivity index (χ1) is 15.7. The molecular weight excluding hydrogens is 450 g/mol. The van der Waals surface area contributed by atoms with Gasteiger partial charge in [-0.2, -0.15) is 0 Å². The summed E-state index contributed by atoms with van der Waals surface area (Å²) in [5.74, 6) is -1.58. The zero-order chi connectivity index (χ0) is 23.8. The molecule has 4 atom stereocenters. The molecular formula is C24H28F2N2O4S. The van der Waals surface area contributed by atoms with Gasteiger partial charge in [0.1, 0.15) is 17.7 Å². The van der Waals surface area contributed by atoms with Crippen molar-refractivity contribution in [3.8, 4) is 11.1 Å². The lowest BCUT2D eigenvalue weighted by Crippen LogP contribution is -2.53. The lowest BCUT2D eigenvalue weighted by Gasteiger charge is -2.34. The molecule has 0 bridgehead atoms. The standard InChI is InChI=1S/C24H28F2N2O4S/c1-3-33(30,31)27-23-15(2)14-28(24(29)21-11-12-32-21)20(23)13-16-7-6-9-18(22(16)26)17-8-4-5-10-19(17)25/h4-10,15,20-21,23,27H,3,11-14H2,1-2H3/t15-,20-,21?,23-/m0/s1. The highest BCUT2D eigenvalue weighted by molar-refractivity contribution is 7.89. The first kappa shape index (κ1) is 23.8. The van der Waals surface area contributed by atoms with Gasteiger partial charge in [0.05, 0.1) is 18.4 Å². The number of benzene rings is 2. The van der Waals surface area contributed by atoms with Crippen molar-refractivity contribution >= 4 is 15.9 Å². The van der Waals surface area contributed by atoms with Crippen LogP contribution in [0.5, 0.6) is 0 Å². The number of carbonyl (C=O) groups is 1. The predicted octanol–water partition coefficient (Wildman–Crippen LogP) is 3.12. The topological polar surface area (TPSA) is 75.7 Å². The van der Waals surface area contributed by atoms with Gasteiger partial charge in [-0.15, -0.1) is 0 Å². The van der Waals surface area contributed by atoms with E-state index in [1.807, 2.05) is 6.92 Å². The van der Waals surface area contributed by atoms with Crippen molar-refractivity contribution in [1.29, 1.82) is 0 Å². The van der Waals surface area contributed by atoms with E-state index in [0.29, 0.717) is 25.1 Å². The van der Waals surface area contributed by atoms with E-state index >= 15 is 4.39 Å². The highest BCUT2D eigenvalue weighted by Crippen LogP contribution is 2.33. The molecule has 9 heteroatoms. The van der Waals surface area contributed by atoms with Crippen LogP contribution in [-0.2, 0) is 26.0 Å². The van der Waals surface area contributed by atoms with Crippen LogP contribution in [0.3, 0.4) is 0 Å². The van der Waals surface area contributed by atoms with E-state index in [1.165, 1.54) is 24.3 Å². The normalized spacial score (nSPS) is 25.2. The molecule has 0 saturated carbocycles. The Morgan fingerprint density at radius 3 is 2.48 bits per heavy atom. The Balaban J connectivity index is 1.69. The molecule has 2 heterocycles. The molecule has 2 fully saturated rings. The Bertz CT molecular complexity index is 1140. The molecule has 178 valence electrons. The van der Waals surface area contributed by atoms with Gasteiger partial charge in [0.2, 0.25) is 10.0 Å². The summed E-state index contributed by atoms with van der Waals surface area (Å²) in [6.07, 6.45) is 0.156. The van der Waals surface area contributed by atoms with Crippen molar-refractivity contribution in [3.05, 3.63) is 59.7 Å². The molecule has 0 spiro atoms. The third kappa shape index (κ3) is 4.81. The summed E-state index contributed by atoms with van der Waals surface area (Å²) in [6, 6.07) is 9.54. The van der Waals surface area contributed by atoms with Crippen LogP contribution in [0, 0.1) is 17.6 Å². The highest BCUT2D eigenvalue weighted by atomic mass is 32.2. The molecule has 0 aliphatic carbocycles. The van der Waals surface area contributed by atoms with Crippen molar-refractivity contribution in [2.45, 2.75) is 44.9 Å². The molecule has 4 rings (SSSR count). The first-order valence-corrected chi connectivity index (χ1v) is 12.8. The zero-order valence-corrected chi connectivity index (χ0v) is 19.4. The third-order valence-corrected chi connectivity index (χ3v) is 7.93. The summed E-state index contributed by atoms with van der Waals surface area (Å²) in [6.45, 7) is 4.26. The van der Waals surface area contributed by atoms with Crippen LogP contribution in [0.15, 0.2) is 42.5 Å². The van der Waals surface area contributed by atoms with E-state index in [-0.39, 0.29) is 35.1 Å². The summed E-state index contributed by atoms with van der Waals surface area (Å²) in [5, 5.41) is 0. The summed E-state index contributed by atoms with van der Waals surface area (Å²) in [7, 11) is -3.55. The van der Waals surface area contributed by atoms with E-state index in [1.54, 1.807) is 30.0 Å². The number of nitrogens with one attached hydrogen (secondary N) is 1. The first-order valence-electron chi connectivity index (χ1n) is 11.2. The quantitative estimate of drug-likeness (QED) is 0.664. The van der Waals surface area contributed by atoms with Crippen molar-refractivity contribution in [3.63, 3.8) is 0 Å². The minimum Gasteiger partial charge on any atom is -0.368 e. The average Bonchev–Trinajstić information content (AvgIpc) is 3.04. The van der Waals surface area contributed by atoms with Gasteiger partial charge in [-0.1, -0.05) is 43.3 Å². The molecule has 2 saturated heterocycles. The smallest absolute Gasteiger partial charge is 0.252 e. The van der Waals surface area contributed by atoms with Crippen LogP contribution in [-0.4, -0.2) is 56.3 Å². The fourth-order valence-electron chi connectivity index (χ4n) is 4.57. The third-order valence-electron chi connectivity index (χ3n) is 6.54. The summed E-state index contributed by atoms with van der Waals surface area (Å²) >= 11 is 0. The minimum atomic E-state index is -3.55. The van der Waals surface area contributed by atoms with Gasteiger partial charge in [0, 0.05) is 30.1 Å². The second-order valence-electron chi connectivity index (χ2n) is 8.69. The number of sulfonamides is 1. The van der Waals surface area contributed by atoms with Crippen LogP contribution < -0.4 is 4.72 Å². The maximum absolute atomic E-state index is 15.6. The highest BCUT2D eigenvalue weighted by Gasteiger charge is 2.46. The van der Waals surface area contributed by atoms with Gasteiger partial charge in [0.15, 0.2) is 0 Å². The minimum absolute atomic E-state index is 0.0911. The van der Waals surface area contributed by atoms with Crippen LogP contribution >= 0.6 is 0 Å². The molecule has 2 aromatic rings. The Morgan fingerprint density at radius 2 is 1.85 bits per heavy atom. The maximum Gasteiger partial charge on any atom is 0.252 e. The van der Waals surface area contributed by atoms with Crippen molar-refractivity contribution < 1.29 is 26.7 Å². The lowest BCUT2D eigenvalue weighted by molar-refractivity contribution is -0.157. The van der Waals surface area contributed by atoms with Gasteiger partial charge in [-0.05, 0) is 30.9 Å². The monoisotopic (exact) mass is 478 g/mol. The fraction of sp³-hybridized carbons (Fsp3) is 0.458. The molecule has 0 aromatic heterocycles. The molecule has 2 aromatic carbocycles. The zero-order valence-electron chi connectivity index (χ0n) is 18.6. The van der Waals surface area contributed by atoms with E-state index in [4.69, 9.17) is 4.74 Å². The molecule has 6 nitrogen and oxygen atoms in total. The van der Waals surface area contributed by atoms with Gasteiger partial charge in [-0.25, -0.2) is 21.9 Å². The number of rotatable bonds is 7. The molecule has 1 unspecified atom stereocenters. The van der Waals surface area contributed by atoms with Crippen LogP contribution in [0.25, 0.3) is 11.1 Å². The summed E-state index contributed by atoms with van der Waals surface area (Å²) in [4.78, 5) is 14.7. The van der Waals surface area contributed by atoms with Gasteiger partial charge < -0.3 is 9.64 Å². The molecule has 33 heavy (non-hydrogen) atoms. The van der Waals surface area contributed by atoms with Crippen molar-refractivity contribution in [2.75, 3.05) is 18.9 Å². The largest absolute Gasteiger partial charge is 0.368 e. The number of hydrogen-bond acceptors (Lipinski definition) is 4. The number of nitrogens with zero attached hydrogens (tertiary/aromatic N) is 1. The van der Waals surface area contributed by atoms with E-state index in [0.717, 1.165) is 0 Å². The Hall–Kier alpha value is -2.36. The van der Waals surface area contributed by atoms with E-state index < -0.39 is 39.8 Å². The second kappa shape index (κ2) is 9.48. The van der Waals surface area contributed by atoms with Crippen LogP contribution in [0.4, 0.5) is 8.78 Å². The lowest BCUT2D eigenvalue weighted by atomic mass is 9.93. The number of likely N-dealkylation sites (tertiary alicyclic amines) is 1. The number of amides is 1. The van der Waals surface area contributed by atoms with Gasteiger partial charge in [-0.3, -0.25) is 4.79 Å². The molecule has 2 aliphatic rings. The SMILES string of the molecule is CCS(=O)(=O)N[C@H]1[C@@H](C)CN(C(=O)C2CCO2)[C@H]1Cc1cccc(-c2ccccc2F)c1F. The maximum atomic E-state index is 15.6. The summed E-state index contributed by atoms with van der Waals surface area (Å²) in [5.41, 5.74) is 0.570. The van der Waals surface area contributed by atoms with Crippen LogP contribution in [0.2, 0.25) is 0 Å². The van der Waals surface area contributed by atoms with Gasteiger partial charge >= 0.3 is 0 Å². The Kier molecular flexibility index (Phi) is 6.83. The number of ether oxygens (including phenoxy) is 1. The second-order valence-corrected chi connectivity index (χ2v) is 10.7. The summed E-state index contributed by atoms with van der Waals surface area (Å²) < 4.78 is 62.7. The molecule has 1 N–H and O–H groups in total. The Morgan fingerprint density at radius 1 is 1.15 bits per heavy atom. The molecule has 2 aliphatic heterocycles. The number of carbonyl (C=O) groups excluding carboxylic acids is 1. The van der Waals surface area contributed by atoms with Crippen molar-refractivity contribution in [1.82, 2.24) is 9.62 Å². The molecule has 0 radical (unpaired) electrons. The van der Waals surface area contributed by atoms with Crippen LogP contribution in [0.1, 0.15) is 25.8 Å². The Labute approximate surface area is 193 Å². The average molecular weight is 479 g/mol. The molecule has 1 amide bonds. The van der Waals surface area contributed by atoms with E-state index in [9.17, 15) is 17.6 Å². The van der Waals surface area contributed by atoms with Crippen molar-refractivity contribution in [2.24, 2.45) is 5.92 Å². The van der Waals surface area contributed by atoms with Gasteiger partial charge in [0.25, 0.3) is 5.91 Å². The predicted molar refractivity (Wildman–Crippen MR) is 121 cm³/mol. The number of halogens is 2. The fourth-order valence-corrected chi connectivity index (χ4v) is 5.54.